The minimum absolute atomic E-state index is 0.0143. The normalized spacial score (nSPS) is 28.2. The van der Waals surface area contributed by atoms with Crippen LogP contribution < -0.4 is 0 Å². The van der Waals surface area contributed by atoms with Gasteiger partial charge in [0, 0.05) is 37.9 Å². The maximum atomic E-state index is 12.7. The molecule has 0 spiro atoms. The van der Waals surface area contributed by atoms with E-state index >= 15 is 0 Å². The first-order chi connectivity index (χ1) is 10.7. The molecular weight excluding hydrogens is 280 g/mol. The smallest absolute Gasteiger partial charge is 0.272 e. The van der Waals surface area contributed by atoms with Crippen LogP contribution in [0.2, 0.25) is 0 Å². The molecule has 2 atom stereocenters. The van der Waals surface area contributed by atoms with E-state index < -0.39 is 0 Å². The van der Waals surface area contributed by atoms with E-state index in [9.17, 15) is 4.79 Å². The topological polar surface area (TPSA) is 51.7 Å². The molecule has 5 nitrogen and oxygen atoms in total. The molecule has 0 saturated carbocycles. The third kappa shape index (κ3) is 3.01. The van der Waals surface area contributed by atoms with Gasteiger partial charge in [-0.3, -0.25) is 9.78 Å². The summed E-state index contributed by atoms with van der Waals surface area (Å²) in [4.78, 5) is 18.8. The van der Waals surface area contributed by atoms with Crippen molar-refractivity contribution in [3.63, 3.8) is 0 Å². The molecule has 0 radical (unpaired) electrons. The first-order valence-electron chi connectivity index (χ1n) is 8.15. The van der Waals surface area contributed by atoms with E-state index in [1.165, 1.54) is 0 Å². The highest BCUT2D eigenvalue weighted by molar-refractivity contribution is 5.92. The number of fused-ring (bicyclic) bond motifs is 1. The molecule has 1 aromatic heterocycles. The highest BCUT2D eigenvalue weighted by atomic mass is 16.5. The Balaban J connectivity index is 1.76. The summed E-state index contributed by atoms with van der Waals surface area (Å²) in [6, 6.07) is 5.46. The molecule has 0 aliphatic carbocycles. The second kappa shape index (κ2) is 6.75. The van der Waals surface area contributed by atoms with Gasteiger partial charge in [-0.25, -0.2) is 0 Å². The minimum atomic E-state index is -0.0586. The fourth-order valence-electron chi connectivity index (χ4n) is 3.63. The van der Waals surface area contributed by atoms with Gasteiger partial charge in [0.2, 0.25) is 0 Å². The molecule has 5 heteroatoms. The fourth-order valence-corrected chi connectivity index (χ4v) is 3.63. The number of likely N-dealkylation sites (tertiary alicyclic amines) is 1. The molecule has 2 saturated heterocycles. The third-order valence-electron chi connectivity index (χ3n) is 4.75. The highest BCUT2D eigenvalue weighted by Crippen LogP contribution is 2.40. The van der Waals surface area contributed by atoms with Crippen LogP contribution in [0.5, 0.6) is 0 Å². The maximum Gasteiger partial charge on any atom is 0.272 e. The molecular formula is C17H24N2O3. The van der Waals surface area contributed by atoms with Crippen molar-refractivity contribution < 1.29 is 14.3 Å². The molecule has 22 heavy (non-hydrogen) atoms. The molecule has 2 aliphatic rings. The Labute approximate surface area is 131 Å². The zero-order chi connectivity index (χ0) is 15.4. The van der Waals surface area contributed by atoms with Crippen LogP contribution >= 0.6 is 0 Å². The average molecular weight is 304 g/mol. The molecule has 0 N–H and O–H groups in total. The van der Waals surface area contributed by atoms with E-state index in [-0.39, 0.29) is 17.4 Å². The minimum Gasteiger partial charge on any atom is -0.381 e. The van der Waals surface area contributed by atoms with Crippen LogP contribution in [0.1, 0.15) is 36.7 Å². The molecule has 0 bridgehead atoms. The van der Waals surface area contributed by atoms with E-state index in [2.05, 4.69) is 4.98 Å². The van der Waals surface area contributed by atoms with Gasteiger partial charge in [-0.15, -0.1) is 0 Å². The quantitative estimate of drug-likeness (QED) is 0.855. The second-order valence-electron chi connectivity index (χ2n) is 6.19. The molecule has 3 heterocycles. The summed E-state index contributed by atoms with van der Waals surface area (Å²) < 4.78 is 11.7. The summed E-state index contributed by atoms with van der Waals surface area (Å²) in [6.45, 7) is 5.63. The van der Waals surface area contributed by atoms with Crippen molar-refractivity contribution in [1.29, 1.82) is 0 Å². The number of carbonyl (C=O) groups is 1. The largest absolute Gasteiger partial charge is 0.381 e. The number of hydrogen-bond acceptors (Lipinski definition) is 4. The molecule has 1 aromatic rings. The van der Waals surface area contributed by atoms with Crippen LogP contribution in [0.15, 0.2) is 24.4 Å². The van der Waals surface area contributed by atoms with Crippen molar-refractivity contribution in [3.05, 3.63) is 30.1 Å². The Morgan fingerprint density at radius 3 is 3.23 bits per heavy atom. The van der Waals surface area contributed by atoms with Crippen LogP contribution in [0.25, 0.3) is 0 Å². The van der Waals surface area contributed by atoms with Crippen LogP contribution in [-0.4, -0.2) is 54.8 Å². The van der Waals surface area contributed by atoms with Crippen molar-refractivity contribution in [1.82, 2.24) is 9.88 Å². The lowest BCUT2D eigenvalue weighted by Gasteiger charge is -2.50. The molecule has 3 rings (SSSR count). The predicted octanol–water partition coefficient (Wildman–Crippen LogP) is 2.13. The van der Waals surface area contributed by atoms with Gasteiger partial charge < -0.3 is 14.4 Å². The Morgan fingerprint density at radius 2 is 2.45 bits per heavy atom. The number of aromatic nitrogens is 1. The monoisotopic (exact) mass is 304 g/mol. The van der Waals surface area contributed by atoms with Crippen molar-refractivity contribution in [3.8, 4) is 0 Å². The second-order valence-corrected chi connectivity index (χ2v) is 6.19. The summed E-state index contributed by atoms with van der Waals surface area (Å²) in [5, 5.41) is 0. The standard InChI is InChI=1S/C17H24N2O3/c1-2-21-13-17-8-5-11-22-15(17)7-10-19(12-17)16(20)14-6-3-4-9-18-14/h3-4,6,9,15H,2,5,7-8,10-13H2,1H3/t15-,17-/m1/s1. The first-order valence-corrected chi connectivity index (χ1v) is 8.15. The molecule has 2 aliphatic heterocycles. The summed E-state index contributed by atoms with van der Waals surface area (Å²) in [6.07, 6.45) is 4.85. The third-order valence-corrected chi connectivity index (χ3v) is 4.75. The highest BCUT2D eigenvalue weighted by Gasteiger charge is 2.47. The molecule has 0 aromatic carbocycles. The molecule has 2 fully saturated rings. The number of rotatable bonds is 4. The molecule has 0 unspecified atom stereocenters. The van der Waals surface area contributed by atoms with Crippen LogP contribution in [0.4, 0.5) is 0 Å². The number of hydrogen-bond donors (Lipinski definition) is 0. The number of amides is 1. The maximum absolute atomic E-state index is 12.7. The Hall–Kier alpha value is -1.46. The Morgan fingerprint density at radius 1 is 1.55 bits per heavy atom. The van der Waals surface area contributed by atoms with Crippen molar-refractivity contribution >= 4 is 5.91 Å². The van der Waals surface area contributed by atoms with Gasteiger partial charge >= 0.3 is 0 Å². The van der Waals surface area contributed by atoms with Crippen molar-refractivity contribution in [2.45, 2.75) is 32.3 Å². The number of ether oxygens (including phenoxy) is 2. The van der Waals surface area contributed by atoms with Crippen LogP contribution in [0, 0.1) is 5.41 Å². The van der Waals surface area contributed by atoms with E-state index in [1.807, 2.05) is 24.0 Å². The van der Waals surface area contributed by atoms with Crippen molar-refractivity contribution in [2.24, 2.45) is 5.41 Å². The lowest BCUT2D eigenvalue weighted by molar-refractivity contribution is -0.146. The summed E-state index contributed by atoms with van der Waals surface area (Å²) in [7, 11) is 0. The number of nitrogens with zero attached hydrogens (tertiary/aromatic N) is 2. The fraction of sp³-hybridized carbons (Fsp3) is 0.647. The van der Waals surface area contributed by atoms with Gasteiger partial charge in [-0.05, 0) is 38.3 Å². The van der Waals surface area contributed by atoms with Gasteiger partial charge in [0.15, 0.2) is 0 Å². The predicted molar refractivity (Wildman–Crippen MR) is 82.7 cm³/mol. The van der Waals surface area contributed by atoms with Crippen molar-refractivity contribution in [2.75, 3.05) is 32.9 Å². The zero-order valence-electron chi connectivity index (χ0n) is 13.2. The van der Waals surface area contributed by atoms with E-state index in [1.54, 1.807) is 12.3 Å². The number of pyridine rings is 1. The van der Waals surface area contributed by atoms with Gasteiger partial charge in [0.1, 0.15) is 5.69 Å². The summed E-state index contributed by atoms with van der Waals surface area (Å²) in [5.74, 6) is 0.0143. The summed E-state index contributed by atoms with van der Waals surface area (Å²) in [5.41, 5.74) is 0.459. The van der Waals surface area contributed by atoms with Gasteiger partial charge in [-0.2, -0.15) is 0 Å². The van der Waals surface area contributed by atoms with Crippen LogP contribution in [0.3, 0.4) is 0 Å². The number of piperidine rings is 1. The molecule has 120 valence electrons. The SMILES string of the molecule is CCOC[C@]12CCCO[C@@H]1CCN(C(=O)c1ccccn1)C2. The molecule has 1 amide bonds. The van der Waals surface area contributed by atoms with E-state index in [0.29, 0.717) is 25.5 Å². The average Bonchev–Trinajstić information content (AvgIpc) is 2.59. The van der Waals surface area contributed by atoms with Gasteiger partial charge in [-0.1, -0.05) is 6.07 Å². The van der Waals surface area contributed by atoms with Crippen LogP contribution in [-0.2, 0) is 9.47 Å². The van der Waals surface area contributed by atoms with Gasteiger partial charge in [0.25, 0.3) is 5.91 Å². The first kappa shape index (κ1) is 15.4. The lowest BCUT2D eigenvalue weighted by Crippen LogP contribution is -2.58. The van der Waals surface area contributed by atoms with Gasteiger partial charge in [0.05, 0.1) is 12.7 Å². The van der Waals surface area contributed by atoms with E-state index in [4.69, 9.17) is 9.47 Å². The summed E-state index contributed by atoms with van der Waals surface area (Å²) >= 11 is 0. The lowest BCUT2D eigenvalue weighted by atomic mass is 9.73. The Kier molecular flexibility index (Phi) is 4.74. The zero-order valence-corrected chi connectivity index (χ0v) is 13.2. The van der Waals surface area contributed by atoms with E-state index in [0.717, 1.165) is 32.4 Å². The Bertz CT molecular complexity index is 508. The number of carbonyl (C=O) groups excluding carboxylic acids is 1.